The van der Waals surface area contributed by atoms with E-state index in [2.05, 4.69) is 46.8 Å². The molecule has 0 spiro atoms. The van der Waals surface area contributed by atoms with Gasteiger partial charge < -0.3 is 0 Å². The van der Waals surface area contributed by atoms with Crippen LogP contribution in [0.2, 0.25) is 0 Å². The van der Waals surface area contributed by atoms with Gasteiger partial charge in [0, 0.05) is 5.92 Å². The lowest BCUT2D eigenvalue weighted by atomic mass is 9.50. The second-order valence-corrected chi connectivity index (χ2v) is 11.6. The third-order valence-corrected chi connectivity index (χ3v) is 9.56. The number of allylic oxidation sites excluding steroid dienone is 4. The van der Waals surface area contributed by atoms with Crippen LogP contribution < -0.4 is 0 Å². The molecule has 0 amide bonds. The summed E-state index contributed by atoms with van der Waals surface area (Å²) in [6.45, 7) is 12.6. The first kappa shape index (κ1) is 19.8. The molecule has 0 nitrogen and oxygen atoms in total. The summed E-state index contributed by atoms with van der Waals surface area (Å²) >= 11 is 0. The maximum absolute atomic E-state index is 2.67. The normalized spacial score (nSPS) is 42.1. The molecule has 0 N–H and O–H groups in total. The molecule has 1 fully saturated rings. The van der Waals surface area contributed by atoms with Crippen LogP contribution >= 0.6 is 0 Å². The molecule has 6 atom stereocenters. The molecular formula is C27H44. The Balaban J connectivity index is 1.54. The van der Waals surface area contributed by atoms with Crippen LogP contribution in [0.25, 0.3) is 0 Å². The summed E-state index contributed by atoms with van der Waals surface area (Å²) in [4.78, 5) is 0. The van der Waals surface area contributed by atoms with E-state index in [1.54, 1.807) is 0 Å². The molecular weight excluding hydrogens is 324 g/mol. The van der Waals surface area contributed by atoms with Gasteiger partial charge in [-0.25, -0.2) is 0 Å². The smallest absolute Gasteiger partial charge is 0.00394 e. The lowest BCUT2D eigenvalue weighted by Crippen LogP contribution is -2.44. The zero-order valence-electron chi connectivity index (χ0n) is 18.8. The van der Waals surface area contributed by atoms with Crippen molar-refractivity contribution in [3.8, 4) is 0 Å². The third-order valence-electron chi connectivity index (χ3n) is 9.56. The standard InChI is InChI=1S/C27H44/c1-19(2)9-8-10-20(3)23-14-15-24-22-13-12-21-11-6-7-17-26(21,4)25(22)16-18-27(23,24)5/h14-15,19-21,23-24H,6-13,16-18H2,1-5H3/t20-,21-,23-,24?,26+,27-/m1/s1. The minimum absolute atomic E-state index is 0.508. The van der Waals surface area contributed by atoms with Crippen molar-refractivity contribution in [2.24, 2.45) is 40.4 Å². The van der Waals surface area contributed by atoms with Gasteiger partial charge in [-0.15, -0.1) is 0 Å². The minimum atomic E-state index is 0.508. The van der Waals surface area contributed by atoms with Crippen LogP contribution in [0.5, 0.6) is 0 Å². The fourth-order valence-electron chi connectivity index (χ4n) is 7.88. The van der Waals surface area contributed by atoms with Crippen molar-refractivity contribution in [1.82, 2.24) is 0 Å². The van der Waals surface area contributed by atoms with Crippen LogP contribution in [-0.2, 0) is 0 Å². The van der Waals surface area contributed by atoms with E-state index in [4.69, 9.17) is 0 Å². The number of fused-ring (bicyclic) bond motifs is 4. The molecule has 1 saturated carbocycles. The van der Waals surface area contributed by atoms with Crippen molar-refractivity contribution in [3.05, 3.63) is 23.3 Å². The van der Waals surface area contributed by atoms with Gasteiger partial charge in [0.05, 0.1) is 0 Å². The van der Waals surface area contributed by atoms with Crippen molar-refractivity contribution in [2.75, 3.05) is 0 Å². The third kappa shape index (κ3) is 3.28. The average Bonchev–Trinajstić information content (AvgIpc) is 2.98. The maximum atomic E-state index is 2.67. The maximum Gasteiger partial charge on any atom is 0.00394 e. The van der Waals surface area contributed by atoms with E-state index >= 15 is 0 Å². The Morgan fingerprint density at radius 3 is 2.56 bits per heavy atom. The van der Waals surface area contributed by atoms with E-state index in [-0.39, 0.29) is 0 Å². The van der Waals surface area contributed by atoms with Crippen molar-refractivity contribution in [2.45, 2.75) is 105 Å². The predicted molar refractivity (Wildman–Crippen MR) is 118 cm³/mol. The molecule has 27 heavy (non-hydrogen) atoms. The molecule has 0 saturated heterocycles. The highest BCUT2D eigenvalue weighted by atomic mass is 14.6. The molecule has 0 aromatic rings. The minimum Gasteiger partial charge on any atom is -0.0840 e. The molecule has 1 unspecified atom stereocenters. The van der Waals surface area contributed by atoms with Crippen molar-refractivity contribution >= 4 is 0 Å². The quantitative estimate of drug-likeness (QED) is 0.428. The SMILES string of the molecule is CC(C)CCC[C@@H](C)[C@H]1C=CC2C3=C(CC[C@@]21C)[C@@]1(C)CCCC[C@@H]1CC3. The van der Waals surface area contributed by atoms with Gasteiger partial charge in [0.2, 0.25) is 0 Å². The first-order valence-corrected chi connectivity index (χ1v) is 12.3. The second-order valence-electron chi connectivity index (χ2n) is 11.6. The highest BCUT2D eigenvalue weighted by molar-refractivity contribution is 5.38. The molecule has 0 aromatic carbocycles. The summed E-state index contributed by atoms with van der Waals surface area (Å²) in [5, 5.41) is 0. The summed E-state index contributed by atoms with van der Waals surface area (Å²) in [5.41, 5.74) is 4.92. The van der Waals surface area contributed by atoms with Gasteiger partial charge in [-0.3, -0.25) is 0 Å². The fourth-order valence-corrected chi connectivity index (χ4v) is 7.88. The molecule has 4 rings (SSSR count). The molecule has 4 aliphatic rings. The number of rotatable bonds is 5. The molecule has 0 heteroatoms. The monoisotopic (exact) mass is 368 g/mol. The molecule has 0 aliphatic heterocycles. The summed E-state index contributed by atoms with van der Waals surface area (Å²) in [7, 11) is 0. The second kappa shape index (κ2) is 7.38. The van der Waals surface area contributed by atoms with Gasteiger partial charge in [-0.1, -0.05) is 90.0 Å². The molecule has 0 aromatic heterocycles. The van der Waals surface area contributed by atoms with Crippen molar-refractivity contribution in [3.63, 3.8) is 0 Å². The van der Waals surface area contributed by atoms with Gasteiger partial charge in [-0.05, 0) is 73.0 Å². The topological polar surface area (TPSA) is 0 Å². The Morgan fingerprint density at radius 1 is 0.963 bits per heavy atom. The van der Waals surface area contributed by atoms with E-state index in [1.165, 1.54) is 70.6 Å². The van der Waals surface area contributed by atoms with E-state index in [0.717, 1.165) is 29.6 Å². The number of hydrogen-bond acceptors (Lipinski definition) is 0. The van der Waals surface area contributed by atoms with E-state index in [9.17, 15) is 0 Å². The van der Waals surface area contributed by atoms with Gasteiger partial charge in [0.15, 0.2) is 0 Å². The van der Waals surface area contributed by atoms with Gasteiger partial charge in [0.1, 0.15) is 0 Å². The number of hydrogen-bond donors (Lipinski definition) is 0. The molecule has 0 radical (unpaired) electrons. The molecule has 152 valence electrons. The van der Waals surface area contributed by atoms with Crippen LogP contribution in [-0.4, -0.2) is 0 Å². The van der Waals surface area contributed by atoms with E-state index in [1.807, 2.05) is 11.1 Å². The summed E-state index contributed by atoms with van der Waals surface area (Å²) in [6, 6.07) is 0. The van der Waals surface area contributed by atoms with Gasteiger partial charge in [-0.2, -0.15) is 0 Å². The fraction of sp³-hybridized carbons (Fsp3) is 0.852. The summed E-state index contributed by atoms with van der Waals surface area (Å²) in [5.74, 6) is 4.26. The Labute approximate surface area is 169 Å². The first-order chi connectivity index (χ1) is 12.9. The Bertz CT molecular complexity index is 608. The van der Waals surface area contributed by atoms with Crippen LogP contribution in [0.4, 0.5) is 0 Å². The van der Waals surface area contributed by atoms with Crippen molar-refractivity contribution in [1.29, 1.82) is 0 Å². The largest absolute Gasteiger partial charge is 0.0840 e. The lowest BCUT2D eigenvalue weighted by molar-refractivity contribution is 0.0748. The Morgan fingerprint density at radius 2 is 1.78 bits per heavy atom. The van der Waals surface area contributed by atoms with E-state index < -0.39 is 0 Å². The molecule has 0 heterocycles. The highest BCUT2D eigenvalue weighted by Gasteiger charge is 2.53. The van der Waals surface area contributed by atoms with Crippen LogP contribution in [0.3, 0.4) is 0 Å². The lowest BCUT2D eigenvalue weighted by Gasteiger charge is -2.54. The molecule has 4 aliphatic carbocycles. The zero-order chi connectivity index (χ0) is 19.2. The van der Waals surface area contributed by atoms with Gasteiger partial charge in [0.25, 0.3) is 0 Å². The van der Waals surface area contributed by atoms with Crippen molar-refractivity contribution < 1.29 is 0 Å². The van der Waals surface area contributed by atoms with Gasteiger partial charge >= 0.3 is 0 Å². The highest BCUT2D eigenvalue weighted by Crippen LogP contribution is 2.64. The molecule has 0 bridgehead atoms. The average molecular weight is 369 g/mol. The summed E-state index contributed by atoms with van der Waals surface area (Å²) in [6.07, 6.45) is 21.2. The predicted octanol–water partition coefficient (Wildman–Crippen LogP) is 8.34. The zero-order valence-corrected chi connectivity index (χ0v) is 18.8. The Kier molecular flexibility index (Phi) is 5.41. The van der Waals surface area contributed by atoms with E-state index in [0.29, 0.717) is 10.8 Å². The van der Waals surface area contributed by atoms with Crippen LogP contribution in [0.15, 0.2) is 23.3 Å². The van der Waals surface area contributed by atoms with Crippen LogP contribution in [0.1, 0.15) is 105 Å². The first-order valence-electron chi connectivity index (χ1n) is 12.3. The van der Waals surface area contributed by atoms with Crippen LogP contribution in [0, 0.1) is 40.4 Å². The Hall–Kier alpha value is -0.520. The summed E-state index contributed by atoms with van der Waals surface area (Å²) < 4.78 is 0.